The molecule has 4 heteroatoms. The van der Waals surface area contributed by atoms with Crippen molar-refractivity contribution in [3.05, 3.63) is 29.8 Å². The Morgan fingerprint density at radius 1 is 1.56 bits per heavy atom. The molecule has 1 atom stereocenters. The van der Waals surface area contributed by atoms with Crippen molar-refractivity contribution in [2.24, 2.45) is 0 Å². The second-order valence-electron chi connectivity index (χ2n) is 4.11. The van der Waals surface area contributed by atoms with E-state index in [4.69, 9.17) is 10.8 Å². The lowest BCUT2D eigenvalue weighted by molar-refractivity contribution is -0.138. The van der Waals surface area contributed by atoms with Gasteiger partial charge in [0.1, 0.15) is 0 Å². The van der Waals surface area contributed by atoms with Gasteiger partial charge < -0.3 is 10.8 Å². The number of rotatable bonds is 5. The van der Waals surface area contributed by atoms with E-state index in [0.29, 0.717) is 0 Å². The average molecular weight is 222 g/mol. The van der Waals surface area contributed by atoms with Crippen LogP contribution in [0.2, 0.25) is 0 Å². The Bertz CT molecular complexity index is 366. The Kier molecular flexibility index (Phi) is 4.31. The van der Waals surface area contributed by atoms with Crippen molar-refractivity contribution in [3.63, 3.8) is 0 Å². The van der Waals surface area contributed by atoms with E-state index in [1.54, 1.807) is 0 Å². The predicted molar refractivity (Wildman–Crippen MR) is 64.3 cm³/mol. The highest BCUT2D eigenvalue weighted by atomic mass is 16.4. The highest BCUT2D eigenvalue weighted by molar-refractivity contribution is 5.69. The molecule has 0 radical (unpaired) electrons. The van der Waals surface area contributed by atoms with Gasteiger partial charge in [0.15, 0.2) is 0 Å². The van der Waals surface area contributed by atoms with Gasteiger partial charge in [-0.2, -0.15) is 0 Å². The molecule has 1 unspecified atom stereocenters. The summed E-state index contributed by atoms with van der Waals surface area (Å²) in [6.07, 6.45) is 0.800. The molecule has 0 bridgehead atoms. The summed E-state index contributed by atoms with van der Waals surface area (Å²) >= 11 is 0. The number of carboxylic acids is 1. The Labute approximate surface area is 95.7 Å². The minimum atomic E-state index is -0.804. The lowest BCUT2D eigenvalue weighted by Gasteiger charge is -2.22. The third-order valence-electron chi connectivity index (χ3n) is 2.62. The molecule has 0 saturated carbocycles. The third kappa shape index (κ3) is 3.90. The number of benzene rings is 1. The first-order valence-electron chi connectivity index (χ1n) is 5.25. The standard InChI is InChI=1S/C12H18N2O2/c1-9(14(2)8-12(15)16)6-10-4-3-5-11(13)7-10/h3-5,7,9H,6,8,13H2,1-2H3,(H,15,16). The van der Waals surface area contributed by atoms with Gasteiger partial charge in [-0.05, 0) is 38.1 Å². The van der Waals surface area contributed by atoms with Crippen molar-refractivity contribution in [2.45, 2.75) is 19.4 Å². The van der Waals surface area contributed by atoms with Crippen LogP contribution in [0.3, 0.4) is 0 Å². The van der Waals surface area contributed by atoms with Crippen LogP contribution in [0.15, 0.2) is 24.3 Å². The molecule has 1 aromatic rings. The number of likely N-dealkylation sites (N-methyl/N-ethyl adjacent to an activating group) is 1. The van der Waals surface area contributed by atoms with Gasteiger partial charge in [-0.1, -0.05) is 12.1 Å². The lowest BCUT2D eigenvalue weighted by Crippen LogP contribution is -2.35. The fraction of sp³-hybridized carbons (Fsp3) is 0.417. The van der Waals surface area contributed by atoms with Crippen LogP contribution in [0.4, 0.5) is 5.69 Å². The number of anilines is 1. The predicted octanol–water partition coefficient (Wildman–Crippen LogP) is 1.22. The topological polar surface area (TPSA) is 66.6 Å². The zero-order chi connectivity index (χ0) is 12.1. The van der Waals surface area contributed by atoms with Gasteiger partial charge >= 0.3 is 5.97 Å². The zero-order valence-corrected chi connectivity index (χ0v) is 9.68. The molecule has 3 N–H and O–H groups in total. The van der Waals surface area contributed by atoms with E-state index in [0.717, 1.165) is 17.7 Å². The van der Waals surface area contributed by atoms with Crippen molar-refractivity contribution < 1.29 is 9.90 Å². The average Bonchev–Trinajstić information content (AvgIpc) is 2.16. The van der Waals surface area contributed by atoms with Gasteiger partial charge in [-0.25, -0.2) is 0 Å². The van der Waals surface area contributed by atoms with Crippen LogP contribution in [-0.4, -0.2) is 35.6 Å². The minimum absolute atomic E-state index is 0.0590. The second-order valence-corrected chi connectivity index (χ2v) is 4.11. The fourth-order valence-corrected chi connectivity index (χ4v) is 1.59. The van der Waals surface area contributed by atoms with Crippen molar-refractivity contribution >= 4 is 11.7 Å². The second kappa shape index (κ2) is 5.51. The van der Waals surface area contributed by atoms with E-state index >= 15 is 0 Å². The number of nitrogens with zero attached hydrogens (tertiary/aromatic N) is 1. The maximum atomic E-state index is 10.6. The fourth-order valence-electron chi connectivity index (χ4n) is 1.59. The number of hydrogen-bond donors (Lipinski definition) is 2. The normalized spacial score (nSPS) is 12.7. The summed E-state index contributed by atoms with van der Waals surface area (Å²) in [6, 6.07) is 7.86. The van der Waals surface area contributed by atoms with Crippen LogP contribution in [-0.2, 0) is 11.2 Å². The summed E-state index contributed by atoms with van der Waals surface area (Å²) in [5.74, 6) is -0.804. The number of carbonyl (C=O) groups is 1. The van der Waals surface area contributed by atoms with Gasteiger partial charge in [0.2, 0.25) is 0 Å². The van der Waals surface area contributed by atoms with Crippen molar-refractivity contribution in [3.8, 4) is 0 Å². The monoisotopic (exact) mass is 222 g/mol. The molecule has 4 nitrogen and oxygen atoms in total. The first-order valence-corrected chi connectivity index (χ1v) is 5.25. The minimum Gasteiger partial charge on any atom is -0.480 e. The molecule has 0 fully saturated rings. The quantitative estimate of drug-likeness (QED) is 0.735. The molecule has 0 saturated heterocycles. The van der Waals surface area contributed by atoms with Crippen LogP contribution in [0.5, 0.6) is 0 Å². The summed E-state index contributed by atoms with van der Waals surface area (Å²) in [5, 5.41) is 8.68. The largest absolute Gasteiger partial charge is 0.480 e. The molecule has 0 aliphatic carbocycles. The molecule has 0 aliphatic rings. The van der Waals surface area contributed by atoms with E-state index < -0.39 is 5.97 Å². The van der Waals surface area contributed by atoms with E-state index in [1.807, 2.05) is 43.1 Å². The van der Waals surface area contributed by atoms with E-state index in [9.17, 15) is 4.79 Å². The summed E-state index contributed by atoms with van der Waals surface area (Å²) in [4.78, 5) is 12.4. The first-order chi connectivity index (χ1) is 7.49. The molecule has 0 aliphatic heterocycles. The highest BCUT2D eigenvalue weighted by Gasteiger charge is 2.12. The number of hydrogen-bond acceptors (Lipinski definition) is 3. The summed E-state index contributed by atoms with van der Waals surface area (Å²) in [6.45, 7) is 2.07. The number of nitrogens with two attached hydrogens (primary N) is 1. The maximum Gasteiger partial charge on any atom is 0.317 e. The third-order valence-corrected chi connectivity index (χ3v) is 2.62. The Morgan fingerprint density at radius 3 is 2.81 bits per heavy atom. The van der Waals surface area contributed by atoms with E-state index in [-0.39, 0.29) is 12.6 Å². The molecular formula is C12H18N2O2. The molecule has 0 aromatic heterocycles. The Hall–Kier alpha value is -1.55. The van der Waals surface area contributed by atoms with Crippen LogP contribution in [0.1, 0.15) is 12.5 Å². The number of carboxylic acid groups (broad SMARTS) is 1. The summed E-state index contributed by atoms with van der Waals surface area (Å²) in [7, 11) is 1.81. The molecule has 1 rings (SSSR count). The van der Waals surface area contributed by atoms with Gasteiger partial charge in [-0.15, -0.1) is 0 Å². The zero-order valence-electron chi connectivity index (χ0n) is 9.68. The Balaban J connectivity index is 2.56. The van der Waals surface area contributed by atoms with E-state index in [1.165, 1.54) is 0 Å². The maximum absolute atomic E-state index is 10.6. The smallest absolute Gasteiger partial charge is 0.317 e. The van der Waals surface area contributed by atoms with Crippen LogP contribution in [0, 0.1) is 0 Å². The molecule has 1 aromatic carbocycles. The van der Waals surface area contributed by atoms with Gasteiger partial charge in [-0.3, -0.25) is 9.69 Å². The van der Waals surface area contributed by atoms with Gasteiger partial charge in [0, 0.05) is 11.7 Å². The molecule has 0 amide bonds. The van der Waals surface area contributed by atoms with E-state index in [2.05, 4.69) is 0 Å². The molecule has 0 spiro atoms. The van der Waals surface area contributed by atoms with Crippen LogP contribution in [0.25, 0.3) is 0 Å². The Morgan fingerprint density at radius 2 is 2.25 bits per heavy atom. The molecule has 88 valence electrons. The van der Waals surface area contributed by atoms with Crippen molar-refractivity contribution in [1.82, 2.24) is 4.90 Å². The van der Waals surface area contributed by atoms with Gasteiger partial charge in [0.05, 0.1) is 6.54 Å². The number of aliphatic carboxylic acids is 1. The van der Waals surface area contributed by atoms with Crippen molar-refractivity contribution in [2.75, 3.05) is 19.3 Å². The summed E-state index contributed by atoms with van der Waals surface area (Å²) in [5.41, 5.74) is 7.55. The highest BCUT2D eigenvalue weighted by Crippen LogP contribution is 2.11. The SMILES string of the molecule is CC(Cc1cccc(N)c1)N(C)CC(=O)O. The van der Waals surface area contributed by atoms with Gasteiger partial charge in [0.25, 0.3) is 0 Å². The lowest BCUT2D eigenvalue weighted by atomic mass is 10.1. The van der Waals surface area contributed by atoms with Crippen LogP contribution >= 0.6 is 0 Å². The first kappa shape index (κ1) is 12.5. The number of nitrogen functional groups attached to an aromatic ring is 1. The van der Waals surface area contributed by atoms with Crippen molar-refractivity contribution in [1.29, 1.82) is 0 Å². The summed E-state index contributed by atoms with van der Waals surface area (Å²) < 4.78 is 0. The molecule has 16 heavy (non-hydrogen) atoms. The van der Waals surface area contributed by atoms with Crippen LogP contribution < -0.4 is 5.73 Å². The molecular weight excluding hydrogens is 204 g/mol. The molecule has 0 heterocycles.